The van der Waals surface area contributed by atoms with Gasteiger partial charge in [-0.25, -0.2) is 4.68 Å². The van der Waals surface area contributed by atoms with Gasteiger partial charge in [-0.05, 0) is 30.3 Å². The summed E-state index contributed by atoms with van der Waals surface area (Å²) in [6.07, 6.45) is 8.12. The summed E-state index contributed by atoms with van der Waals surface area (Å²) in [4.78, 5) is 14.2. The lowest BCUT2D eigenvalue weighted by molar-refractivity contribution is -0.402. The van der Waals surface area contributed by atoms with Crippen molar-refractivity contribution in [2.75, 3.05) is 0 Å². The summed E-state index contributed by atoms with van der Waals surface area (Å²) in [6.45, 7) is 0. The smallest absolute Gasteiger partial charge is 0.400 e. The van der Waals surface area contributed by atoms with Gasteiger partial charge in [-0.3, -0.25) is 15.1 Å². The molecule has 0 spiro atoms. The first kappa shape index (κ1) is 18.0. The lowest BCUT2D eigenvalue weighted by Crippen LogP contribution is -1.94. The molecule has 0 atom stereocenters. The van der Waals surface area contributed by atoms with Crippen LogP contribution in [0.4, 0.5) is 5.88 Å². The van der Waals surface area contributed by atoms with Crippen molar-refractivity contribution >= 4 is 18.3 Å². The fraction of sp³-hybridized carbons (Fsp3) is 0. The molecule has 29 heavy (non-hydrogen) atoms. The summed E-state index contributed by atoms with van der Waals surface area (Å²) in [5, 5.41) is 23.2. The van der Waals surface area contributed by atoms with Crippen molar-refractivity contribution < 1.29 is 9.34 Å². The molecule has 0 amide bonds. The highest BCUT2D eigenvalue weighted by Crippen LogP contribution is 2.22. The van der Waals surface area contributed by atoms with Crippen molar-refractivity contribution in [3.8, 4) is 16.9 Å². The number of benzene rings is 1. The molecule has 0 saturated heterocycles. The van der Waals surface area contributed by atoms with E-state index in [-0.39, 0.29) is 11.6 Å². The van der Waals surface area contributed by atoms with Gasteiger partial charge in [0.05, 0.1) is 24.2 Å². The van der Waals surface area contributed by atoms with E-state index in [1.807, 2.05) is 48.7 Å². The quantitative estimate of drug-likeness (QED) is 0.283. The summed E-state index contributed by atoms with van der Waals surface area (Å²) in [6, 6.07) is 16.1. The van der Waals surface area contributed by atoms with Crippen LogP contribution < -0.4 is 0 Å². The summed E-state index contributed by atoms with van der Waals surface area (Å²) in [5.41, 5.74) is 3.19. The summed E-state index contributed by atoms with van der Waals surface area (Å²) >= 11 is 0. The zero-order valence-electron chi connectivity index (χ0n) is 15.0. The van der Waals surface area contributed by atoms with Crippen LogP contribution >= 0.6 is 0 Å². The molecule has 0 N–H and O–H groups in total. The second kappa shape index (κ2) is 8.09. The van der Waals surface area contributed by atoms with Crippen molar-refractivity contribution in [1.29, 1.82) is 0 Å². The first-order chi connectivity index (χ1) is 14.2. The minimum absolute atomic E-state index is 0.237. The van der Waals surface area contributed by atoms with Gasteiger partial charge in [-0.1, -0.05) is 18.2 Å². The van der Waals surface area contributed by atoms with Crippen molar-refractivity contribution in [2.45, 2.75) is 0 Å². The molecule has 0 bridgehead atoms. The van der Waals surface area contributed by atoms with Crippen LogP contribution in [0.2, 0.25) is 0 Å². The van der Waals surface area contributed by atoms with Gasteiger partial charge in [0.2, 0.25) is 0 Å². The fourth-order valence-electron chi connectivity index (χ4n) is 2.62. The van der Waals surface area contributed by atoms with E-state index in [0.29, 0.717) is 5.69 Å². The van der Waals surface area contributed by atoms with Crippen LogP contribution in [0.1, 0.15) is 11.3 Å². The van der Waals surface area contributed by atoms with E-state index in [0.717, 1.165) is 16.8 Å². The van der Waals surface area contributed by atoms with E-state index in [2.05, 4.69) is 20.3 Å². The van der Waals surface area contributed by atoms with Crippen LogP contribution in [0.5, 0.6) is 0 Å². The molecule has 0 saturated carbocycles. The number of rotatable bonds is 6. The SMILES string of the molecule is O=[N+]([O-])c1ccc(/C=N/N=C/c2cn(-c3ccccc3)nc2-c2cccnc2)o1. The van der Waals surface area contributed by atoms with Gasteiger partial charge in [0.1, 0.15) is 10.6 Å². The van der Waals surface area contributed by atoms with Gasteiger partial charge in [0, 0.05) is 29.7 Å². The van der Waals surface area contributed by atoms with Gasteiger partial charge < -0.3 is 4.42 Å². The molecule has 4 aromatic rings. The molecule has 0 aliphatic rings. The molecule has 0 aliphatic carbocycles. The third-order valence-corrected chi connectivity index (χ3v) is 3.94. The molecule has 0 unspecified atom stereocenters. The molecule has 9 heteroatoms. The molecule has 4 rings (SSSR count). The largest absolute Gasteiger partial charge is 0.433 e. The normalized spacial score (nSPS) is 11.4. The lowest BCUT2D eigenvalue weighted by atomic mass is 10.1. The van der Waals surface area contributed by atoms with Crippen LogP contribution in [0.25, 0.3) is 16.9 Å². The first-order valence-corrected chi connectivity index (χ1v) is 8.57. The predicted molar refractivity (Wildman–Crippen MR) is 107 cm³/mol. The second-order valence-electron chi connectivity index (χ2n) is 5.88. The van der Waals surface area contributed by atoms with Crippen molar-refractivity contribution in [2.24, 2.45) is 10.2 Å². The molecular formula is C20H14N6O3. The van der Waals surface area contributed by atoms with Crippen molar-refractivity contribution in [1.82, 2.24) is 14.8 Å². The number of aromatic nitrogens is 3. The number of nitro groups is 1. The number of para-hydroxylation sites is 1. The minimum atomic E-state index is -0.612. The second-order valence-corrected chi connectivity index (χ2v) is 5.88. The number of furan rings is 1. The van der Waals surface area contributed by atoms with E-state index < -0.39 is 4.92 Å². The number of hydrogen-bond acceptors (Lipinski definition) is 7. The highest BCUT2D eigenvalue weighted by Gasteiger charge is 2.12. The van der Waals surface area contributed by atoms with E-state index in [1.54, 1.807) is 23.3 Å². The van der Waals surface area contributed by atoms with Crippen LogP contribution in [-0.4, -0.2) is 32.1 Å². The van der Waals surface area contributed by atoms with E-state index >= 15 is 0 Å². The Balaban J connectivity index is 1.63. The standard InChI is InChI=1S/C20H14N6O3/c27-26(28)19-9-8-18(29-19)13-23-22-12-16-14-25(17-6-2-1-3-7-17)24-20(16)15-5-4-10-21-11-15/h1-14H/b22-12+,23-13+. The highest BCUT2D eigenvalue weighted by atomic mass is 16.6. The van der Waals surface area contributed by atoms with Gasteiger partial charge in [0.15, 0.2) is 5.76 Å². The Morgan fingerprint density at radius 2 is 1.86 bits per heavy atom. The third-order valence-electron chi connectivity index (χ3n) is 3.94. The number of pyridine rings is 1. The molecule has 3 heterocycles. The number of hydrogen-bond donors (Lipinski definition) is 0. The van der Waals surface area contributed by atoms with Gasteiger partial charge in [-0.2, -0.15) is 15.3 Å². The van der Waals surface area contributed by atoms with E-state index in [4.69, 9.17) is 4.42 Å². The topological polar surface area (TPSA) is 112 Å². The zero-order valence-corrected chi connectivity index (χ0v) is 15.0. The molecule has 142 valence electrons. The minimum Gasteiger partial charge on any atom is -0.400 e. The summed E-state index contributed by atoms with van der Waals surface area (Å²) in [5.74, 6) is -0.111. The molecule has 0 fully saturated rings. The first-order valence-electron chi connectivity index (χ1n) is 8.57. The molecule has 0 radical (unpaired) electrons. The summed E-state index contributed by atoms with van der Waals surface area (Å²) < 4.78 is 6.76. The molecular weight excluding hydrogens is 372 g/mol. The Kier molecular flexibility index (Phi) is 5.02. The summed E-state index contributed by atoms with van der Waals surface area (Å²) in [7, 11) is 0. The van der Waals surface area contributed by atoms with Crippen molar-refractivity contribution in [3.05, 3.63) is 94.6 Å². The average Bonchev–Trinajstić information content (AvgIpc) is 3.40. The van der Waals surface area contributed by atoms with Crippen molar-refractivity contribution in [3.63, 3.8) is 0 Å². The molecule has 3 aromatic heterocycles. The predicted octanol–water partition coefficient (Wildman–Crippen LogP) is 3.89. The maximum Gasteiger partial charge on any atom is 0.433 e. The Labute approximate surface area is 164 Å². The molecule has 1 aromatic carbocycles. The average molecular weight is 386 g/mol. The Hall–Kier alpha value is -4.40. The van der Waals surface area contributed by atoms with Gasteiger partial charge in [-0.15, -0.1) is 0 Å². The Morgan fingerprint density at radius 3 is 2.59 bits per heavy atom. The highest BCUT2D eigenvalue weighted by molar-refractivity contribution is 5.89. The zero-order chi connectivity index (χ0) is 20.1. The van der Waals surface area contributed by atoms with E-state index in [1.165, 1.54) is 18.3 Å². The number of nitrogens with zero attached hydrogens (tertiary/aromatic N) is 6. The molecule has 0 aliphatic heterocycles. The third kappa shape index (κ3) is 4.14. The Bertz CT molecular complexity index is 1180. The monoisotopic (exact) mass is 386 g/mol. The van der Waals surface area contributed by atoms with Gasteiger partial charge >= 0.3 is 5.88 Å². The van der Waals surface area contributed by atoms with Gasteiger partial charge in [0.25, 0.3) is 0 Å². The molecule has 9 nitrogen and oxygen atoms in total. The van der Waals surface area contributed by atoms with E-state index in [9.17, 15) is 10.1 Å². The maximum absolute atomic E-state index is 10.6. The fourth-order valence-corrected chi connectivity index (χ4v) is 2.62. The van der Waals surface area contributed by atoms with Crippen LogP contribution in [0.15, 0.2) is 87.8 Å². The van der Waals surface area contributed by atoms with Crippen LogP contribution in [0.3, 0.4) is 0 Å². The maximum atomic E-state index is 10.6. The Morgan fingerprint density at radius 1 is 1.03 bits per heavy atom. The van der Waals surface area contributed by atoms with Crippen LogP contribution in [0, 0.1) is 10.1 Å². The lowest BCUT2D eigenvalue weighted by Gasteiger charge is -1.99. The van der Waals surface area contributed by atoms with Crippen LogP contribution in [-0.2, 0) is 0 Å².